The Bertz CT molecular complexity index is 567. The molecule has 0 aromatic rings. The first-order valence-corrected chi connectivity index (χ1v) is 12.9. The minimum absolute atomic E-state index is 0.0759. The van der Waals surface area contributed by atoms with Crippen LogP contribution in [-0.4, -0.2) is 59.7 Å². The van der Waals surface area contributed by atoms with Gasteiger partial charge in [-0.1, -0.05) is 20.3 Å². The number of nitrogens with two attached hydrogens (primary N) is 1. The summed E-state index contributed by atoms with van der Waals surface area (Å²) >= 11 is 0. The van der Waals surface area contributed by atoms with Crippen molar-refractivity contribution in [3.8, 4) is 0 Å². The number of rotatable bonds is 4. The summed E-state index contributed by atoms with van der Waals surface area (Å²) in [4.78, 5) is 0. The van der Waals surface area contributed by atoms with Gasteiger partial charge in [0.1, 0.15) is 0 Å². The van der Waals surface area contributed by atoms with E-state index in [1.54, 1.807) is 20.8 Å². The molecule has 4 aliphatic rings. The molecule has 190 valence electrons. The van der Waals surface area contributed by atoms with Crippen molar-refractivity contribution in [3.63, 3.8) is 0 Å². The highest BCUT2D eigenvalue weighted by Gasteiger charge is 2.57. The highest BCUT2D eigenvalue weighted by atomic mass is 16.7. The van der Waals surface area contributed by atoms with E-state index in [1.165, 1.54) is 12.8 Å². The molecule has 0 aromatic heterocycles. The van der Waals surface area contributed by atoms with E-state index in [9.17, 15) is 0 Å². The van der Waals surface area contributed by atoms with Crippen molar-refractivity contribution in [3.05, 3.63) is 0 Å². The predicted octanol–water partition coefficient (Wildman–Crippen LogP) is 4.66. The van der Waals surface area contributed by atoms with Crippen LogP contribution in [0, 0.1) is 17.8 Å². The van der Waals surface area contributed by atoms with Gasteiger partial charge in [-0.05, 0) is 86.6 Å². The molecular formula is C26H51NO5. The Balaban J connectivity index is 0.000000460. The summed E-state index contributed by atoms with van der Waals surface area (Å²) in [7, 11) is 0. The summed E-state index contributed by atoms with van der Waals surface area (Å²) < 4.78 is 25.2. The van der Waals surface area contributed by atoms with Crippen LogP contribution in [0.2, 0.25) is 0 Å². The summed E-state index contributed by atoms with van der Waals surface area (Å²) in [5.74, 6) is 0.865. The average molecular weight is 458 g/mol. The monoisotopic (exact) mass is 457 g/mol. The summed E-state index contributed by atoms with van der Waals surface area (Å²) in [6, 6.07) is 0. The number of hydrogen-bond donors (Lipinski definition) is 2. The second-order valence-corrected chi connectivity index (χ2v) is 11.8. The van der Waals surface area contributed by atoms with E-state index in [1.807, 2.05) is 27.7 Å². The smallest absolute Gasteiger partial charge is 0.163 e. The van der Waals surface area contributed by atoms with E-state index in [0.717, 1.165) is 25.8 Å². The maximum absolute atomic E-state index is 8.52. The normalized spacial score (nSPS) is 39.7. The summed E-state index contributed by atoms with van der Waals surface area (Å²) in [6.07, 6.45) is 6.61. The molecule has 3 N–H and O–H groups in total. The molecule has 6 nitrogen and oxygen atoms in total. The molecule has 0 radical (unpaired) electrons. The van der Waals surface area contributed by atoms with Crippen molar-refractivity contribution in [2.45, 2.75) is 136 Å². The third-order valence-corrected chi connectivity index (χ3v) is 6.76. The van der Waals surface area contributed by atoms with Gasteiger partial charge in [-0.25, -0.2) is 0 Å². The third-order valence-electron chi connectivity index (χ3n) is 6.76. The maximum atomic E-state index is 8.52. The number of hydrogen-bond acceptors (Lipinski definition) is 6. The Morgan fingerprint density at radius 2 is 1.62 bits per heavy atom. The molecule has 0 spiro atoms. The molecule has 0 aromatic carbocycles. The maximum Gasteiger partial charge on any atom is 0.163 e. The molecule has 32 heavy (non-hydrogen) atoms. The van der Waals surface area contributed by atoms with E-state index < -0.39 is 11.4 Å². The Hall–Kier alpha value is -0.240. The molecule has 2 aliphatic carbocycles. The van der Waals surface area contributed by atoms with Gasteiger partial charge < -0.3 is 29.8 Å². The summed E-state index contributed by atoms with van der Waals surface area (Å²) in [5.41, 5.74) is 5.39. The number of ether oxygens (including phenoxy) is 4. The van der Waals surface area contributed by atoms with E-state index in [4.69, 9.17) is 29.8 Å². The number of fused-ring (bicyclic) bond motifs is 1. The van der Waals surface area contributed by atoms with Crippen LogP contribution in [0.25, 0.3) is 0 Å². The topological polar surface area (TPSA) is 83.2 Å². The molecule has 0 bridgehead atoms. The van der Waals surface area contributed by atoms with Crippen LogP contribution in [0.5, 0.6) is 0 Å². The lowest BCUT2D eigenvalue weighted by Gasteiger charge is -2.28. The van der Waals surface area contributed by atoms with Gasteiger partial charge in [-0.2, -0.15) is 0 Å². The van der Waals surface area contributed by atoms with E-state index in [2.05, 4.69) is 13.8 Å². The lowest BCUT2D eigenvalue weighted by molar-refractivity contribution is -0.153. The standard InChI is InChI=1S/C20H35NO4.C4H10O.C2H6/c1-19(2)9-14-16(23-15-7-5-6-12(15)10-21)8-13(18(14)25-19)17-11-22-20(3,4)24-17;1-4(2,3)5;1-2/h12-18H,5-11,21H2,1-4H3;5H,1-3H3;1-2H3. The van der Waals surface area contributed by atoms with Gasteiger partial charge in [-0.3, -0.25) is 0 Å². The lowest BCUT2D eigenvalue weighted by atomic mass is 9.92. The lowest BCUT2D eigenvalue weighted by Crippen LogP contribution is -2.34. The van der Waals surface area contributed by atoms with Crippen LogP contribution in [0.15, 0.2) is 0 Å². The highest BCUT2D eigenvalue weighted by molar-refractivity contribution is 5.04. The fraction of sp³-hybridized carbons (Fsp3) is 1.00. The van der Waals surface area contributed by atoms with Gasteiger partial charge in [0.2, 0.25) is 0 Å². The average Bonchev–Trinajstić information content (AvgIpc) is 3.40. The van der Waals surface area contributed by atoms with Crippen molar-refractivity contribution < 1.29 is 24.1 Å². The quantitative estimate of drug-likeness (QED) is 0.639. The minimum Gasteiger partial charge on any atom is -0.391 e. The Morgan fingerprint density at radius 3 is 2.16 bits per heavy atom. The zero-order valence-corrected chi connectivity index (χ0v) is 22.1. The molecule has 4 rings (SSSR count). The molecule has 7 atom stereocenters. The molecule has 2 saturated heterocycles. The van der Waals surface area contributed by atoms with Crippen molar-refractivity contribution >= 4 is 0 Å². The zero-order valence-electron chi connectivity index (χ0n) is 22.1. The van der Waals surface area contributed by atoms with E-state index in [0.29, 0.717) is 30.5 Å². The Kier molecular flexibility index (Phi) is 9.63. The molecule has 6 heteroatoms. The molecule has 2 heterocycles. The SMILES string of the molecule is CC.CC(C)(C)O.CC1(C)CC2C(OC3CCCC3CN)CC(C3COC(C)(C)O3)C2O1. The first kappa shape index (κ1) is 28.0. The second kappa shape index (κ2) is 11.0. The van der Waals surface area contributed by atoms with Crippen LogP contribution in [0.4, 0.5) is 0 Å². The fourth-order valence-electron chi connectivity index (χ4n) is 5.64. The highest BCUT2D eigenvalue weighted by Crippen LogP contribution is 2.51. The second-order valence-electron chi connectivity index (χ2n) is 11.8. The fourth-order valence-corrected chi connectivity index (χ4v) is 5.64. The molecular weight excluding hydrogens is 406 g/mol. The predicted molar refractivity (Wildman–Crippen MR) is 128 cm³/mol. The molecule has 0 amide bonds. The summed E-state index contributed by atoms with van der Waals surface area (Å²) in [6.45, 7) is 19.0. The molecule has 4 fully saturated rings. The molecule has 7 unspecified atom stereocenters. The van der Waals surface area contributed by atoms with Gasteiger partial charge in [0.25, 0.3) is 0 Å². The van der Waals surface area contributed by atoms with Gasteiger partial charge in [0.15, 0.2) is 5.79 Å². The van der Waals surface area contributed by atoms with Crippen LogP contribution in [0.3, 0.4) is 0 Å². The van der Waals surface area contributed by atoms with E-state index >= 15 is 0 Å². The Morgan fingerprint density at radius 1 is 1.00 bits per heavy atom. The van der Waals surface area contributed by atoms with Crippen molar-refractivity contribution in [1.29, 1.82) is 0 Å². The van der Waals surface area contributed by atoms with Gasteiger partial charge in [0.05, 0.1) is 42.2 Å². The van der Waals surface area contributed by atoms with Gasteiger partial charge in [-0.15, -0.1) is 0 Å². The third kappa shape index (κ3) is 7.64. The van der Waals surface area contributed by atoms with Gasteiger partial charge in [0, 0.05) is 11.8 Å². The van der Waals surface area contributed by atoms with Crippen LogP contribution in [-0.2, 0) is 18.9 Å². The van der Waals surface area contributed by atoms with E-state index in [-0.39, 0.29) is 23.9 Å². The van der Waals surface area contributed by atoms with Crippen molar-refractivity contribution in [1.82, 2.24) is 0 Å². The van der Waals surface area contributed by atoms with Crippen LogP contribution >= 0.6 is 0 Å². The summed E-state index contributed by atoms with van der Waals surface area (Å²) in [5, 5.41) is 8.52. The van der Waals surface area contributed by atoms with Gasteiger partial charge >= 0.3 is 0 Å². The first-order chi connectivity index (χ1) is 14.8. The van der Waals surface area contributed by atoms with Crippen molar-refractivity contribution in [2.24, 2.45) is 23.5 Å². The first-order valence-electron chi connectivity index (χ1n) is 12.9. The minimum atomic E-state index is -0.500. The van der Waals surface area contributed by atoms with Crippen molar-refractivity contribution in [2.75, 3.05) is 13.2 Å². The Labute approximate surface area is 196 Å². The molecule has 2 aliphatic heterocycles. The largest absolute Gasteiger partial charge is 0.391 e. The molecule has 2 saturated carbocycles. The van der Waals surface area contributed by atoms with Crippen LogP contribution in [0.1, 0.15) is 94.4 Å². The number of aliphatic hydroxyl groups is 1. The van der Waals surface area contributed by atoms with Crippen LogP contribution < -0.4 is 5.73 Å². The zero-order chi connectivity index (χ0) is 24.3.